The van der Waals surface area contributed by atoms with E-state index in [0.717, 1.165) is 0 Å². The second-order valence-corrected chi connectivity index (χ2v) is 7.88. The molecular weight excluding hydrogens is 384 g/mol. The van der Waals surface area contributed by atoms with Crippen molar-refractivity contribution >= 4 is 21.6 Å². The van der Waals surface area contributed by atoms with Gasteiger partial charge in [0, 0.05) is 30.4 Å². The van der Waals surface area contributed by atoms with Gasteiger partial charge >= 0.3 is 0 Å². The number of hydrogen-bond acceptors (Lipinski definition) is 6. The van der Waals surface area contributed by atoms with Crippen molar-refractivity contribution in [2.24, 2.45) is 0 Å². The summed E-state index contributed by atoms with van der Waals surface area (Å²) in [5.74, 6) is 0.886. The molecule has 0 radical (unpaired) electrons. The Morgan fingerprint density at radius 1 is 1.11 bits per heavy atom. The van der Waals surface area contributed by atoms with Crippen molar-refractivity contribution < 1.29 is 27.4 Å². The molecule has 2 aromatic rings. The Kier molecular flexibility index (Phi) is 5.76. The van der Waals surface area contributed by atoms with Crippen molar-refractivity contribution in [3.8, 4) is 17.2 Å². The highest BCUT2D eigenvalue weighted by atomic mass is 32.2. The van der Waals surface area contributed by atoms with Crippen LogP contribution in [0.15, 0.2) is 41.3 Å². The van der Waals surface area contributed by atoms with Gasteiger partial charge in [0.15, 0.2) is 11.5 Å². The van der Waals surface area contributed by atoms with Gasteiger partial charge in [-0.05, 0) is 30.3 Å². The normalized spacial score (nSPS) is 12.9. The fourth-order valence-corrected chi connectivity index (χ4v) is 4.54. The fourth-order valence-electron chi connectivity index (χ4n) is 2.90. The van der Waals surface area contributed by atoms with E-state index in [1.54, 1.807) is 32.0 Å². The van der Waals surface area contributed by atoms with Crippen LogP contribution in [0.3, 0.4) is 0 Å². The largest absolute Gasteiger partial charge is 0.495 e. The van der Waals surface area contributed by atoms with Gasteiger partial charge in [0.25, 0.3) is 5.91 Å². The van der Waals surface area contributed by atoms with Crippen LogP contribution in [0.25, 0.3) is 0 Å². The summed E-state index contributed by atoms with van der Waals surface area (Å²) in [6.07, 6.45) is 0. The molecule has 0 fully saturated rings. The lowest BCUT2D eigenvalue weighted by Crippen LogP contribution is -2.31. The van der Waals surface area contributed by atoms with Crippen LogP contribution in [-0.4, -0.2) is 45.6 Å². The second-order valence-electron chi connectivity index (χ2n) is 5.98. The van der Waals surface area contributed by atoms with Crippen molar-refractivity contribution in [1.82, 2.24) is 4.31 Å². The molecule has 9 heteroatoms. The second kappa shape index (κ2) is 8.07. The maximum Gasteiger partial charge on any atom is 0.255 e. The third-order valence-electron chi connectivity index (χ3n) is 4.38. The number of rotatable bonds is 7. The molecule has 3 rings (SSSR count). The molecule has 0 saturated carbocycles. The fraction of sp³-hybridized carbons (Fsp3) is 0.316. The van der Waals surface area contributed by atoms with Gasteiger partial charge in [0.2, 0.25) is 16.8 Å². The summed E-state index contributed by atoms with van der Waals surface area (Å²) >= 11 is 0. The van der Waals surface area contributed by atoms with E-state index in [4.69, 9.17) is 14.2 Å². The zero-order valence-electron chi connectivity index (χ0n) is 15.9. The van der Waals surface area contributed by atoms with Crippen molar-refractivity contribution in [2.45, 2.75) is 18.7 Å². The van der Waals surface area contributed by atoms with Crippen LogP contribution in [0.2, 0.25) is 0 Å². The first-order chi connectivity index (χ1) is 13.4. The number of amides is 1. The predicted octanol–water partition coefficient (Wildman–Crippen LogP) is 2.71. The summed E-state index contributed by atoms with van der Waals surface area (Å²) in [6, 6.07) is 9.35. The summed E-state index contributed by atoms with van der Waals surface area (Å²) in [6.45, 7) is 4.27. The molecule has 1 aliphatic heterocycles. The Morgan fingerprint density at radius 2 is 1.82 bits per heavy atom. The topological polar surface area (TPSA) is 94.2 Å². The maximum atomic E-state index is 12.9. The molecule has 150 valence electrons. The molecule has 0 saturated heterocycles. The lowest BCUT2D eigenvalue weighted by Gasteiger charge is -2.20. The summed E-state index contributed by atoms with van der Waals surface area (Å²) in [7, 11) is -2.40. The molecule has 1 heterocycles. The number of sulfonamides is 1. The van der Waals surface area contributed by atoms with Gasteiger partial charge in [-0.3, -0.25) is 4.79 Å². The van der Waals surface area contributed by atoms with Crippen LogP contribution in [0.4, 0.5) is 5.69 Å². The minimum Gasteiger partial charge on any atom is -0.495 e. The average molecular weight is 406 g/mol. The van der Waals surface area contributed by atoms with E-state index < -0.39 is 15.9 Å². The smallest absolute Gasteiger partial charge is 0.255 e. The van der Waals surface area contributed by atoms with E-state index in [9.17, 15) is 13.2 Å². The third-order valence-corrected chi connectivity index (χ3v) is 6.45. The summed E-state index contributed by atoms with van der Waals surface area (Å²) < 4.78 is 42.9. The molecular formula is C19H22N2O6S. The highest BCUT2D eigenvalue weighted by Crippen LogP contribution is 2.34. The van der Waals surface area contributed by atoms with E-state index >= 15 is 0 Å². The Labute approximate surface area is 164 Å². The van der Waals surface area contributed by atoms with Crippen LogP contribution >= 0.6 is 0 Å². The van der Waals surface area contributed by atoms with Crippen LogP contribution in [0, 0.1) is 0 Å². The quantitative estimate of drug-likeness (QED) is 0.760. The lowest BCUT2D eigenvalue weighted by molar-refractivity contribution is 0.102. The molecule has 1 N–H and O–H groups in total. The van der Waals surface area contributed by atoms with Gasteiger partial charge in [-0.25, -0.2) is 8.42 Å². The zero-order chi connectivity index (χ0) is 20.3. The van der Waals surface area contributed by atoms with Gasteiger partial charge in [0.1, 0.15) is 10.6 Å². The van der Waals surface area contributed by atoms with E-state index in [0.29, 0.717) is 30.3 Å². The van der Waals surface area contributed by atoms with E-state index in [1.165, 1.54) is 29.6 Å². The van der Waals surface area contributed by atoms with E-state index in [2.05, 4.69) is 5.32 Å². The zero-order valence-corrected chi connectivity index (χ0v) is 16.7. The van der Waals surface area contributed by atoms with Gasteiger partial charge < -0.3 is 19.5 Å². The average Bonchev–Trinajstić information content (AvgIpc) is 3.16. The van der Waals surface area contributed by atoms with Gasteiger partial charge in [-0.1, -0.05) is 13.8 Å². The Morgan fingerprint density at radius 3 is 2.50 bits per heavy atom. The molecule has 0 aliphatic carbocycles. The molecule has 1 aliphatic rings. The predicted molar refractivity (Wildman–Crippen MR) is 104 cm³/mol. The van der Waals surface area contributed by atoms with Crippen molar-refractivity contribution in [3.63, 3.8) is 0 Å². The molecule has 2 aromatic carbocycles. The van der Waals surface area contributed by atoms with E-state index in [1.807, 2.05) is 0 Å². The Hall–Kier alpha value is -2.78. The highest BCUT2D eigenvalue weighted by Gasteiger charge is 2.27. The minimum absolute atomic E-state index is 0.0444. The first-order valence-electron chi connectivity index (χ1n) is 8.79. The third kappa shape index (κ3) is 3.76. The number of carbonyl (C=O) groups excluding carboxylic acids is 1. The summed E-state index contributed by atoms with van der Waals surface area (Å²) in [4.78, 5) is 12.6. The number of methoxy groups -OCH3 is 1. The van der Waals surface area contributed by atoms with Crippen LogP contribution in [0.1, 0.15) is 24.2 Å². The molecule has 1 amide bonds. The lowest BCUT2D eigenvalue weighted by atomic mass is 10.2. The highest BCUT2D eigenvalue weighted by molar-refractivity contribution is 7.89. The van der Waals surface area contributed by atoms with Gasteiger partial charge in [0.05, 0.1) is 7.11 Å². The number of carbonyl (C=O) groups is 1. The van der Waals surface area contributed by atoms with Gasteiger partial charge in [-0.15, -0.1) is 0 Å². The number of anilines is 1. The van der Waals surface area contributed by atoms with Crippen LogP contribution in [-0.2, 0) is 10.0 Å². The van der Waals surface area contributed by atoms with Crippen LogP contribution < -0.4 is 19.5 Å². The number of nitrogens with one attached hydrogen (secondary N) is 1. The molecule has 0 atom stereocenters. The van der Waals surface area contributed by atoms with Crippen molar-refractivity contribution in [1.29, 1.82) is 0 Å². The Bertz CT molecular complexity index is 986. The molecule has 28 heavy (non-hydrogen) atoms. The number of ether oxygens (including phenoxy) is 3. The van der Waals surface area contributed by atoms with Crippen molar-refractivity contribution in [3.05, 3.63) is 42.0 Å². The van der Waals surface area contributed by atoms with Crippen LogP contribution in [0.5, 0.6) is 17.2 Å². The number of benzene rings is 2. The molecule has 0 aromatic heterocycles. The minimum atomic E-state index is -3.79. The number of fused-ring (bicyclic) bond motifs is 1. The van der Waals surface area contributed by atoms with E-state index in [-0.39, 0.29) is 23.0 Å². The summed E-state index contributed by atoms with van der Waals surface area (Å²) in [5.41, 5.74) is 0.711. The standard InChI is InChI=1S/C19H22N2O6S/c1-4-21(5-2)28(23,24)18-10-13(6-8-16(18)25-3)19(22)20-14-7-9-15-17(11-14)27-12-26-15/h6-11H,4-5,12H2,1-3H3,(H,20,22). The Balaban J connectivity index is 1.91. The molecule has 0 spiro atoms. The molecule has 0 bridgehead atoms. The molecule has 0 unspecified atom stereocenters. The monoisotopic (exact) mass is 406 g/mol. The number of hydrogen-bond donors (Lipinski definition) is 1. The van der Waals surface area contributed by atoms with Crippen molar-refractivity contribution in [2.75, 3.05) is 32.3 Å². The van der Waals surface area contributed by atoms with Gasteiger partial charge in [-0.2, -0.15) is 4.31 Å². The summed E-state index contributed by atoms with van der Waals surface area (Å²) in [5, 5.41) is 2.74. The number of nitrogens with zero attached hydrogens (tertiary/aromatic N) is 1. The SMILES string of the molecule is CCN(CC)S(=O)(=O)c1cc(C(=O)Nc2ccc3c(c2)OCO3)ccc1OC. The maximum absolute atomic E-state index is 12.9. The molecule has 8 nitrogen and oxygen atoms in total. The first kappa shape index (κ1) is 20.0. The first-order valence-corrected chi connectivity index (χ1v) is 10.2.